The zero-order valence-electron chi connectivity index (χ0n) is 8.95. The Hall–Kier alpha value is -1.29. The van der Waals surface area contributed by atoms with E-state index in [-0.39, 0.29) is 6.42 Å². The largest absolute Gasteiger partial charge is 0.481 e. The fraction of sp³-hybridized carbons (Fsp3) is 0.545. The van der Waals surface area contributed by atoms with Gasteiger partial charge in [-0.05, 0) is 38.4 Å². The second kappa shape index (κ2) is 6.24. The summed E-state index contributed by atoms with van der Waals surface area (Å²) >= 11 is 0. The van der Waals surface area contributed by atoms with E-state index < -0.39 is 5.97 Å². The zero-order chi connectivity index (χ0) is 11.1. The van der Waals surface area contributed by atoms with E-state index in [1.165, 1.54) is 0 Å². The quantitative estimate of drug-likeness (QED) is 0.676. The molecule has 0 amide bonds. The van der Waals surface area contributed by atoms with Gasteiger partial charge in [0.2, 0.25) is 0 Å². The standard InChI is InChI=1S/C11H17NO3/c1-9-5-6-10(15-9)8-12-7-3-2-4-11(13)14/h5-6,12H,2-4,7-8H2,1H3,(H,13,14). The lowest BCUT2D eigenvalue weighted by atomic mass is 10.2. The number of carbonyl (C=O) groups is 1. The minimum absolute atomic E-state index is 0.252. The number of unbranched alkanes of at least 4 members (excludes halogenated alkanes) is 1. The average molecular weight is 211 g/mol. The van der Waals surface area contributed by atoms with E-state index in [1.807, 2.05) is 19.1 Å². The Kier molecular flexibility index (Phi) is 4.90. The van der Waals surface area contributed by atoms with Crippen LogP contribution in [0.3, 0.4) is 0 Å². The van der Waals surface area contributed by atoms with Crippen LogP contribution in [-0.2, 0) is 11.3 Å². The molecule has 0 aromatic carbocycles. The summed E-state index contributed by atoms with van der Waals surface area (Å²) in [7, 11) is 0. The third-order valence-electron chi connectivity index (χ3n) is 2.09. The molecule has 1 heterocycles. The Morgan fingerprint density at radius 1 is 1.47 bits per heavy atom. The van der Waals surface area contributed by atoms with Crippen molar-refractivity contribution in [2.45, 2.75) is 32.7 Å². The molecule has 4 heteroatoms. The first-order valence-corrected chi connectivity index (χ1v) is 5.16. The molecule has 84 valence electrons. The van der Waals surface area contributed by atoms with Gasteiger partial charge in [-0.15, -0.1) is 0 Å². The highest BCUT2D eigenvalue weighted by Crippen LogP contribution is 2.05. The molecule has 0 fully saturated rings. The van der Waals surface area contributed by atoms with Crippen molar-refractivity contribution in [1.82, 2.24) is 5.32 Å². The van der Waals surface area contributed by atoms with E-state index in [0.29, 0.717) is 6.54 Å². The maximum Gasteiger partial charge on any atom is 0.303 e. The summed E-state index contributed by atoms with van der Waals surface area (Å²) in [6, 6.07) is 3.88. The van der Waals surface area contributed by atoms with Gasteiger partial charge >= 0.3 is 5.97 Å². The van der Waals surface area contributed by atoms with Crippen LogP contribution in [0.4, 0.5) is 0 Å². The third kappa shape index (κ3) is 5.22. The van der Waals surface area contributed by atoms with Gasteiger partial charge in [-0.1, -0.05) is 0 Å². The smallest absolute Gasteiger partial charge is 0.303 e. The summed E-state index contributed by atoms with van der Waals surface area (Å²) in [5.74, 6) is 1.11. The van der Waals surface area contributed by atoms with Gasteiger partial charge in [0.1, 0.15) is 11.5 Å². The second-order valence-corrected chi connectivity index (χ2v) is 3.54. The predicted molar refractivity (Wildman–Crippen MR) is 56.6 cm³/mol. The van der Waals surface area contributed by atoms with Crippen LogP contribution >= 0.6 is 0 Å². The molecule has 15 heavy (non-hydrogen) atoms. The molecular formula is C11H17NO3. The highest BCUT2D eigenvalue weighted by molar-refractivity contribution is 5.66. The van der Waals surface area contributed by atoms with Gasteiger partial charge in [-0.2, -0.15) is 0 Å². The molecule has 0 aliphatic rings. The van der Waals surface area contributed by atoms with Crippen LogP contribution in [0.5, 0.6) is 0 Å². The van der Waals surface area contributed by atoms with Gasteiger partial charge in [0.25, 0.3) is 0 Å². The molecule has 0 aliphatic heterocycles. The van der Waals surface area contributed by atoms with Gasteiger partial charge in [-0.25, -0.2) is 0 Å². The van der Waals surface area contributed by atoms with Crippen molar-refractivity contribution in [3.05, 3.63) is 23.7 Å². The first-order chi connectivity index (χ1) is 7.18. The maximum atomic E-state index is 10.2. The summed E-state index contributed by atoms with van der Waals surface area (Å²) < 4.78 is 5.37. The number of carboxylic acids is 1. The van der Waals surface area contributed by atoms with E-state index in [1.54, 1.807) is 0 Å². The first-order valence-electron chi connectivity index (χ1n) is 5.16. The Morgan fingerprint density at radius 2 is 2.27 bits per heavy atom. The van der Waals surface area contributed by atoms with Crippen molar-refractivity contribution >= 4 is 5.97 Å². The molecule has 0 radical (unpaired) electrons. The van der Waals surface area contributed by atoms with Crippen molar-refractivity contribution < 1.29 is 14.3 Å². The van der Waals surface area contributed by atoms with E-state index in [9.17, 15) is 4.79 Å². The van der Waals surface area contributed by atoms with Gasteiger partial charge in [0.15, 0.2) is 0 Å². The zero-order valence-corrected chi connectivity index (χ0v) is 8.95. The Labute approximate surface area is 89.3 Å². The number of carboxylic acid groups (broad SMARTS) is 1. The molecule has 0 bridgehead atoms. The number of furan rings is 1. The van der Waals surface area contributed by atoms with E-state index in [4.69, 9.17) is 9.52 Å². The Balaban J connectivity index is 2.00. The molecule has 0 saturated carbocycles. The molecular weight excluding hydrogens is 194 g/mol. The van der Waals surface area contributed by atoms with Gasteiger partial charge in [-0.3, -0.25) is 4.79 Å². The number of aryl methyl sites for hydroxylation is 1. The Bertz CT molecular complexity index is 307. The SMILES string of the molecule is Cc1ccc(CNCCCCC(=O)O)o1. The van der Waals surface area contributed by atoms with Crippen molar-refractivity contribution in [2.75, 3.05) is 6.54 Å². The normalized spacial score (nSPS) is 10.5. The number of nitrogens with one attached hydrogen (secondary N) is 1. The lowest BCUT2D eigenvalue weighted by molar-refractivity contribution is -0.137. The monoisotopic (exact) mass is 211 g/mol. The van der Waals surface area contributed by atoms with Gasteiger partial charge < -0.3 is 14.8 Å². The molecule has 1 rings (SSSR count). The van der Waals surface area contributed by atoms with Crippen molar-refractivity contribution in [2.24, 2.45) is 0 Å². The van der Waals surface area contributed by atoms with E-state index in [0.717, 1.165) is 30.9 Å². The second-order valence-electron chi connectivity index (χ2n) is 3.54. The first kappa shape index (κ1) is 11.8. The molecule has 0 atom stereocenters. The van der Waals surface area contributed by atoms with Crippen LogP contribution in [0.2, 0.25) is 0 Å². The molecule has 0 unspecified atom stereocenters. The number of hydrogen-bond donors (Lipinski definition) is 2. The number of rotatable bonds is 7. The molecule has 1 aromatic heterocycles. The summed E-state index contributed by atoms with van der Waals surface area (Å²) in [4.78, 5) is 10.2. The van der Waals surface area contributed by atoms with Crippen LogP contribution < -0.4 is 5.32 Å². The molecule has 1 aromatic rings. The fourth-order valence-corrected chi connectivity index (χ4v) is 1.32. The lowest BCUT2D eigenvalue weighted by Crippen LogP contribution is -2.14. The van der Waals surface area contributed by atoms with Gasteiger partial charge in [0, 0.05) is 6.42 Å². The van der Waals surface area contributed by atoms with Crippen molar-refractivity contribution in [3.63, 3.8) is 0 Å². The number of hydrogen-bond acceptors (Lipinski definition) is 3. The number of aliphatic carboxylic acids is 1. The van der Waals surface area contributed by atoms with Crippen LogP contribution in [0.15, 0.2) is 16.5 Å². The van der Waals surface area contributed by atoms with Crippen LogP contribution in [0, 0.1) is 6.92 Å². The predicted octanol–water partition coefficient (Wildman–Crippen LogP) is 1.93. The van der Waals surface area contributed by atoms with E-state index in [2.05, 4.69) is 5.32 Å². The summed E-state index contributed by atoms with van der Waals surface area (Å²) in [6.07, 6.45) is 1.85. The molecule has 2 N–H and O–H groups in total. The van der Waals surface area contributed by atoms with E-state index >= 15 is 0 Å². The highest BCUT2D eigenvalue weighted by Gasteiger charge is 1.98. The third-order valence-corrected chi connectivity index (χ3v) is 2.09. The van der Waals surface area contributed by atoms with Crippen molar-refractivity contribution in [3.8, 4) is 0 Å². The van der Waals surface area contributed by atoms with Gasteiger partial charge in [0.05, 0.1) is 6.54 Å². The summed E-state index contributed by atoms with van der Waals surface area (Å²) in [5, 5.41) is 11.6. The molecule has 4 nitrogen and oxygen atoms in total. The van der Waals surface area contributed by atoms with Crippen LogP contribution in [-0.4, -0.2) is 17.6 Å². The van der Waals surface area contributed by atoms with Crippen LogP contribution in [0.25, 0.3) is 0 Å². The molecule has 0 spiro atoms. The minimum Gasteiger partial charge on any atom is -0.481 e. The summed E-state index contributed by atoms with van der Waals surface area (Å²) in [5.41, 5.74) is 0. The van der Waals surface area contributed by atoms with Crippen LogP contribution in [0.1, 0.15) is 30.8 Å². The van der Waals surface area contributed by atoms with Crippen molar-refractivity contribution in [1.29, 1.82) is 0 Å². The fourth-order valence-electron chi connectivity index (χ4n) is 1.32. The summed E-state index contributed by atoms with van der Waals surface area (Å²) in [6.45, 7) is 3.45. The average Bonchev–Trinajstić information content (AvgIpc) is 2.57. The lowest BCUT2D eigenvalue weighted by Gasteiger charge is -2.01. The highest BCUT2D eigenvalue weighted by atomic mass is 16.4. The Morgan fingerprint density at radius 3 is 2.87 bits per heavy atom. The maximum absolute atomic E-state index is 10.2. The topological polar surface area (TPSA) is 62.5 Å². The minimum atomic E-state index is -0.725. The molecule has 0 aliphatic carbocycles. The molecule has 0 saturated heterocycles.